The van der Waals surface area contributed by atoms with Gasteiger partial charge in [0.2, 0.25) is 0 Å². The zero-order valence-electron chi connectivity index (χ0n) is 7.33. The van der Waals surface area contributed by atoms with Crippen LogP contribution in [0.3, 0.4) is 0 Å². The Morgan fingerprint density at radius 2 is 2.21 bits per heavy atom. The van der Waals surface area contributed by atoms with Crippen LogP contribution in [-0.2, 0) is 4.79 Å². The number of aliphatic carboxylic acids is 1. The number of hydrogen-bond donors (Lipinski definition) is 4. The number of H-pyrrole nitrogens is 2. The molecule has 0 aliphatic rings. The number of carbonyl (C=O) groups is 2. The van der Waals surface area contributed by atoms with Crippen LogP contribution in [0, 0.1) is 0 Å². The van der Waals surface area contributed by atoms with Crippen molar-refractivity contribution in [1.29, 1.82) is 0 Å². The highest BCUT2D eigenvalue weighted by atomic mass is 16.4. The second-order valence-corrected chi connectivity index (χ2v) is 2.69. The number of amides is 1. The summed E-state index contributed by atoms with van der Waals surface area (Å²) in [4.78, 5) is 36.6. The molecule has 0 fully saturated rings. The molecular weight excluding hydrogens is 190 g/mol. The summed E-state index contributed by atoms with van der Waals surface area (Å²) in [5.41, 5.74) is -0.513. The Hall–Kier alpha value is -2.05. The number of nitrogens with one attached hydrogen (secondary N) is 3. The molecule has 1 amide bonds. The average molecular weight is 199 g/mol. The molecule has 0 spiro atoms. The Balaban J connectivity index is 2.68. The largest absolute Gasteiger partial charge is 0.480 e. The maximum atomic E-state index is 11.2. The Morgan fingerprint density at radius 3 is 2.64 bits per heavy atom. The smallest absolute Gasteiger partial charge is 0.325 e. The molecule has 1 aromatic heterocycles. The predicted molar refractivity (Wildman–Crippen MR) is 46.0 cm³/mol. The number of hydrogen-bond acceptors (Lipinski definition) is 3. The van der Waals surface area contributed by atoms with Gasteiger partial charge in [0.1, 0.15) is 11.7 Å². The van der Waals surface area contributed by atoms with Crippen LogP contribution < -0.4 is 11.0 Å². The summed E-state index contributed by atoms with van der Waals surface area (Å²) < 4.78 is 0. The van der Waals surface area contributed by atoms with Gasteiger partial charge in [0.05, 0.1) is 0 Å². The molecule has 0 saturated carbocycles. The molecule has 4 N–H and O–H groups in total. The van der Waals surface area contributed by atoms with Crippen molar-refractivity contribution in [3.63, 3.8) is 0 Å². The van der Waals surface area contributed by atoms with E-state index >= 15 is 0 Å². The molecule has 1 heterocycles. The minimum atomic E-state index is -1.14. The van der Waals surface area contributed by atoms with Crippen molar-refractivity contribution < 1.29 is 14.7 Å². The Bertz CT molecular complexity index is 405. The van der Waals surface area contributed by atoms with Gasteiger partial charge < -0.3 is 20.4 Å². The number of carboxylic acids is 1. The van der Waals surface area contributed by atoms with Crippen molar-refractivity contribution >= 4 is 11.9 Å². The zero-order valence-corrected chi connectivity index (χ0v) is 7.33. The fraction of sp³-hybridized carbons (Fsp3) is 0.286. The lowest BCUT2D eigenvalue weighted by Gasteiger charge is -2.06. The van der Waals surface area contributed by atoms with E-state index in [4.69, 9.17) is 5.11 Å². The molecule has 0 aliphatic carbocycles. The Morgan fingerprint density at radius 1 is 1.57 bits per heavy atom. The van der Waals surface area contributed by atoms with Gasteiger partial charge in [-0.2, -0.15) is 0 Å². The number of imidazole rings is 1. The van der Waals surface area contributed by atoms with Gasteiger partial charge in [0.25, 0.3) is 5.91 Å². The summed E-state index contributed by atoms with van der Waals surface area (Å²) in [5, 5.41) is 10.7. The predicted octanol–water partition coefficient (Wildman–Crippen LogP) is -1.09. The first kappa shape index (κ1) is 10.0. The normalized spacial score (nSPS) is 12.1. The molecule has 0 saturated heterocycles. The van der Waals surface area contributed by atoms with Crippen LogP contribution in [-0.4, -0.2) is 33.0 Å². The van der Waals surface area contributed by atoms with Crippen LogP contribution in [0.25, 0.3) is 0 Å². The third-order valence-electron chi connectivity index (χ3n) is 1.56. The lowest BCUT2D eigenvalue weighted by molar-refractivity contribution is -0.138. The second kappa shape index (κ2) is 3.77. The summed E-state index contributed by atoms with van der Waals surface area (Å²) in [7, 11) is 0. The second-order valence-electron chi connectivity index (χ2n) is 2.69. The summed E-state index contributed by atoms with van der Waals surface area (Å²) in [6, 6.07) is -0.999. The molecule has 1 aromatic rings. The molecule has 0 unspecified atom stereocenters. The van der Waals surface area contributed by atoms with E-state index in [-0.39, 0.29) is 5.69 Å². The van der Waals surface area contributed by atoms with Crippen LogP contribution >= 0.6 is 0 Å². The highest BCUT2D eigenvalue weighted by Crippen LogP contribution is 1.90. The van der Waals surface area contributed by atoms with Gasteiger partial charge in [-0.1, -0.05) is 0 Å². The van der Waals surface area contributed by atoms with E-state index in [0.717, 1.165) is 0 Å². The van der Waals surface area contributed by atoms with Gasteiger partial charge in [-0.3, -0.25) is 9.59 Å². The fourth-order valence-electron chi connectivity index (χ4n) is 0.791. The molecule has 76 valence electrons. The van der Waals surface area contributed by atoms with Gasteiger partial charge in [-0.05, 0) is 6.92 Å². The third kappa shape index (κ3) is 2.22. The maximum Gasteiger partial charge on any atom is 0.325 e. The summed E-state index contributed by atoms with van der Waals surface area (Å²) in [6.07, 6.45) is 1.17. The van der Waals surface area contributed by atoms with Gasteiger partial charge in [-0.15, -0.1) is 0 Å². The lowest BCUT2D eigenvalue weighted by Crippen LogP contribution is -2.38. The molecule has 14 heavy (non-hydrogen) atoms. The highest BCUT2D eigenvalue weighted by Gasteiger charge is 2.15. The zero-order chi connectivity index (χ0) is 10.7. The monoisotopic (exact) mass is 199 g/mol. The lowest BCUT2D eigenvalue weighted by atomic mass is 10.3. The number of carboxylic acid groups (broad SMARTS) is 1. The minimum absolute atomic E-state index is 0.00287. The number of carbonyl (C=O) groups excluding carboxylic acids is 1. The first-order valence-electron chi connectivity index (χ1n) is 3.82. The molecule has 0 aromatic carbocycles. The Labute approximate surface area is 78.1 Å². The van der Waals surface area contributed by atoms with Crippen molar-refractivity contribution in [3.05, 3.63) is 22.4 Å². The fourth-order valence-corrected chi connectivity index (χ4v) is 0.791. The number of rotatable bonds is 3. The molecular formula is C7H9N3O4. The van der Waals surface area contributed by atoms with E-state index in [9.17, 15) is 14.4 Å². The molecule has 7 nitrogen and oxygen atoms in total. The van der Waals surface area contributed by atoms with Crippen molar-refractivity contribution in [2.45, 2.75) is 13.0 Å². The first-order valence-corrected chi connectivity index (χ1v) is 3.82. The summed E-state index contributed by atoms with van der Waals surface area (Å²) in [6.45, 7) is 1.32. The number of aromatic nitrogens is 2. The summed E-state index contributed by atoms with van der Waals surface area (Å²) in [5.74, 6) is -1.78. The van der Waals surface area contributed by atoms with E-state index in [1.54, 1.807) is 0 Å². The topological polar surface area (TPSA) is 115 Å². The SMILES string of the molecule is C[C@@H](NC(=O)c1c[nH]c(=O)[nH]1)C(=O)O. The van der Waals surface area contributed by atoms with E-state index in [1.807, 2.05) is 0 Å². The first-order chi connectivity index (χ1) is 6.50. The van der Waals surface area contributed by atoms with Gasteiger partial charge in [-0.25, -0.2) is 4.79 Å². The van der Waals surface area contributed by atoms with Gasteiger partial charge in [0.15, 0.2) is 0 Å². The van der Waals surface area contributed by atoms with Gasteiger partial charge in [0, 0.05) is 6.20 Å². The third-order valence-corrected chi connectivity index (χ3v) is 1.56. The molecule has 1 rings (SSSR count). The van der Waals surface area contributed by atoms with Crippen molar-refractivity contribution in [2.75, 3.05) is 0 Å². The minimum Gasteiger partial charge on any atom is -0.480 e. The van der Waals surface area contributed by atoms with E-state index in [1.165, 1.54) is 13.1 Å². The highest BCUT2D eigenvalue weighted by molar-refractivity contribution is 5.94. The van der Waals surface area contributed by atoms with E-state index < -0.39 is 23.6 Å². The average Bonchev–Trinajstić information content (AvgIpc) is 2.51. The molecule has 7 heteroatoms. The molecule has 1 atom stereocenters. The van der Waals surface area contributed by atoms with Gasteiger partial charge >= 0.3 is 11.7 Å². The Kier molecular flexibility index (Phi) is 2.70. The van der Waals surface area contributed by atoms with Crippen LogP contribution in [0.5, 0.6) is 0 Å². The summed E-state index contributed by atoms with van der Waals surface area (Å²) >= 11 is 0. The van der Waals surface area contributed by atoms with Crippen LogP contribution in [0.1, 0.15) is 17.4 Å². The van der Waals surface area contributed by atoms with E-state index in [0.29, 0.717) is 0 Å². The standard InChI is InChI=1S/C7H9N3O4/c1-3(6(12)13)9-5(11)4-2-8-7(14)10-4/h2-3H,1H3,(H,9,11)(H,12,13)(H2,8,10,14)/t3-/m1/s1. The van der Waals surface area contributed by atoms with Crippen LogP contribution in [0.4, 0.5) is 0 Å². The number of aromatic amines is 2. The van der Waals surface area contributed by atoms with E-state index in [2.05, 4.69) is 15.3 Å². The molecule has 0 aliphatic heterocycles. The maximum absolute atomic E-state index is 11.2. The van der Waals surface area contributed by atoms with Crippen molar-refractivity contribution in [2.24, 2.45) is 0 Å². The van der Waals surface area contributed by atoms with Crippen molar-refractivity contribution in [3.8, 4) is 0 Å². The van der Waals surface area contributed by atoms with Crippen molar-refractivity contribution in [1.82, 2.24) is 15.3 Å². The van der Waals surface area contributed by atoms with Crippen LogP contribution in [0.2, 0.25) is 0 Å². The molecule has 0 bridgehead atoms. The van der Waals surface area contributed by atoms with Crippen LogP contribution in [0.15, 0.2) is 11.0 Å². The quantitative estimate of drug-likeness (QED) is 0.494. The molecule has 0 radical (unpaired) electrons.